The highest BCUT2D eigenvalue weighted by molar-refractivity contribution is 5.79. The summed E-state index contributed by atoms with van der Waals surface area (Å²) in [6.45, 7) is 1.34. The third-order valence-corrected chi connectivity index (χ3v) is 4.99. The van der Waals surface area contributed by atoms with E-state index in [-0.39, 0.29) is 23.7 Å². The second-order valence-corrected chi connectivity index (χ2v) is 6.47. The van der Waals surface area contributed by atoms with Crippen molar-refractivity contribution in [3.8, 4) is 0 Å². The molecule has 120 valence electrons. The number of carbonyl (C=O) groups excluding carboxylic acids is 1. The Bertz CT molecular complexity index is 490. The van der Waals surface area contributed by atoms with Crippen molar-refractivity contribution in [3.63, 3.8) is 0 Å². The molecular formula is C18H24FNO2. The lowest BCUT2D eigenvalue weighted by molar-refractivity contribution is -0.129. The number of ether oxygens (including phenoxy) is 1. The molecule has 1 atom stereocenters. The lowest BCUT2D eigenvalue weighted by Crippen LogP contribution is -2.39. The Labute approximate surface area is 131 Å². The summed E-state index contributed by atoms with van der Waals surface area (Å²) in [4.78, 5) is 12.6. The predicted molar refractivity (Wildman–Crippen MR) is 82.8 cm³/mol. The number of halogens is 1. The quantitative estimate of drug-likeness (QED) is 0.923. The molecule has 2 aliphatic rings. The van der Waals surface area contributed by atoms with Crippen LogP contribution in [0.3, 0.4) is 0 Å². The molecule has 0 bridgehead atoms. The van der Waals surface area contributed by atoms with Crippen LogP contribution < -0.4 is 5.32 Å². The highest BCUT2D eigenvalue weighted by atomic mass is 19.1. The molecule has 1 amide bonds. The van der Waals surface area contributed by atoms with E-state index in [2.05, 4.69) is 5.32 Å². The van der Waals surface area contributed by atoms with Gasteiger partial charge in [0.25, 0.3) is 0 Å². The van der Waals surface area contributed by atoms with Crippen LogP contribution in [-0.4, -0.2) is 19.1 Å². The SMILES string of the molecule is O=C(N[C@@H](c1ccc(F)cc1)C1CCCC1)C1CCOCC1. The van der Waals surface area contributed by atoms with E-state index in [4.69, 9.17) is 4.74 Å². The zero-order valence-electron chi connectivity index (χ0n) is 12.9. The number of carbonyl (C=O) groups is 1. The molecule has 3 nitrogen and oxygen atoms in total. The van der Waals surface area contributed by atoms with Crippen LogP contribution in [0.1, 0.15) is 50.1 Å². The molecule has 0 spiro atoms. The molecule has 1 saturated carbocycles. The third kappa shape index (κ3) is 3.67. The normalized spacial score (nSPS) is 21.7. The first-order chi connectivity index (χ1) is 10.7. The lowest BCUT2D eigenvalue weighted by Gasteiger charge is -2.29. The van der Waals surface area contributed by atoms with Crippen molar-refractivity contribution in [3.05, 3.63) is 35.6 Å². The monoisotopic (exact) mass is 305 g/mol. The molecule has 0 unspecified atom stereocenters. The maximum Gasteiger partial charge on any atom is 0.223 e. The van der Waals surface area contributed by atoms with Gasteiger partial charge in [-0.3, -0.25) is 4.79 Å². The van der Waals surface area contributed by atoms with Crippen molar-refractivity contribution < 1.29 is 13.9 Å². The lowest BCUT2D eigenvalue weighted by atomic mass is 9.90. The van der Waals surface area contributed by atoms with Crippen LogP contribution in [0.2, 0.25) is 0 Å². The average molecular weight is 305 g/mol. The molecule has 1 aromatic carbocycles. The standard InChI is InChI=1S/C18H24FNO2/c19-16-7-5-14(6-8-16)17(13-3-1-2-4-13)20-18(21)15-9-11-22-12-10-15/h5-8,13,15,17H,1-4,9-12H2,(H,20,21)/t17-/m1/s1. The fourth-order valence-electron chi connectivity index (χ4n) is 3.67. The maximum absolute atomic E-state index is 13.2. The number of amides is 1. The van der Waals surface area contributed by atoms with E-state index in [9.17, 15) is 9.18 Å². The van der Waals surface area contributed by atoms with E-state index in [1.54, 1.807) is 0 Å². The Morgan fingerprint density at radius 3 is 2.36 bits per heavy atom. The van der Waals surface area contributed by atoms with Gasteiger partial charge in [-0.25, -0.2) is 4.39 Å². The average Bonchev–Trinajstić information content (AvgIpc) is 3.08. The first-order valence-corrected chi connectivity index (χ1v) is 8.37. The molecule has 1 aliphatic heterocycles. The Kier molecular flexibility index (Phi) is 5.08. The van der Waals surface area contributed by atoms with E-state index < -0.39 is 0 Å². The number of benzene rings is 1. The molecule has 3 rings (SSSR count). The molecule has 22 heavy (non-hydrogen) atoms. The Balaban J connectivity index is 1.73. The summed E-state index contributed by atoms with van der Waals surface area (Å²) in [7, 11) is 0. The smallest absolute Gasteiger partial charge is 0.223 e. The topological polar surface area (TPSA) is 38.3 Å². The van der Waals surface area contributed by atoms with Crippen molar-refractivity contribution in [2.75, 3.05) is 13.2 Å². The minimum Gasteiger partial charge on any atom is -0.381 e. The van der Waals surface area contributed by atoms with Crippen molar-refractivity contribution in [1.82, 2.24) is 5.32 Å². The van der Waals surface area contributed by atoms with Gasteiger partial charge in [-0.05, 0) is 49.3 Å². The fraction of sp³-hybridized carbons (Fsp3) is 0.611. The molecule has 0 aromatic heterocycles. The summed E-state index contributed by atoms with van der Waals surface area (Å²) in [6, 6.07) is 6.60. The second kappa shape index (κ2) is 7.23. The molecule has 1 heterocycles. The van der Waals surface area contributed by atoms with E-state index in [1.807, 2.05) is 12.1 Å². The largest absolute Gasteiger partial charge is 0.381 e. The van der Waals surface area contributed by atoms with Gasteiger partial charge in [-0.15, -0.1) is 0 Å². The zero-order chi connectivity index (χ0) is 15.4. The molecular weight excluding hydrogens is 281 g/mol. The molecule has 1 aromatic rings. The van der Waals surface area contributed by atoms with Gasteiger partial charge in [-0.1, -0.05) is 25.0 Å². The predicted octanol–water partition coefficient (Wildman–Crippen LogP) is 3.60. The van der Waals surface area contributed by atoms with E-state index in [1.165, 1.54) is 25.0 Å². The summed E-state index contributed by atoms with van der Waals surface area (Å²) < 4.78 is 18.5. The minimum absolute atomic E-state index is 0.0124. The van der Waals surface area contributed by atoms with Crippen molar-refractivity contribution in [2.45, 2.75) is 44.6 Å². The first kappa shape index (κ1) is 15.5. The molecule has 4 heteroatoms. The third-order valence-electron chi connectivity index (χ3n) is 4.99. The van der Waals surface area contributed by atoms with E-state index in [0.29, 0.717) is 19.1 Å². The van der Waals surface area contributed by atoms with Crippen LogP contribution >= 0.6 is 0 Å². The van der Waals surface area contributed by atoms with Crippen molar-refractivity contribution in [1.29, 1.82) is 0 Å². The highest BCUT2D eigenvalue weighted by Gasteiger charge is 2.30. The number of hydrogen-bond donors (Lipinski definition) is 1. The number of nitrogens with one attached hydrogen (secondary N) is 1. The zero-order valence-corrected chi connectivity index (χ0v) is 12.9. The van der Waals surface area contributed by atoms with Crippen LogP contribution in [-0.2, 0) is 9.53 Å². The van der Waals surface area contributed by atoms with Crippen LogP contribution in [0.15, 0.2) is 24.3 Å². The fourth-order valence-corrected chi connectivity index (χ4v) is 3.67. The van der Waals surface area contributed by atoms with Gasteiger partial charge in [0.1, 0.15) is 5.82 Å². The molecule has 1 N–H and O–H groups in total. The van der Waals surface area contributed by atoms with Crippen LogP contribution in [0, 0.1) is 17.7 Å². The van der Waals surface area contributed by atoms with Crippen molar-refractivity contribution >= 4 is 5.91 Å². The Morgan fingerprint density at radius 2 is 1.73 bits per heavy atom. The van der Waals surface area contributed by atoms with Gasteiger partial charge in [-0.2, -0.15) is 0 Å². The second-order valence-electron chi connectivity index (χ2n) is 6.47. The first-order valence-electron chi connectivity index (χ1n) is 8.37. The van der Waals surface area contributed by atoms with Crippen LogP contribution in [0.25, 0.3) is 0 Å². The molecule has 1 saturated heterocycles. The highest BCUT2D eigenvalue weighted by Crippen LogP contribution is 2.36. The molecule has 2 fully saturated rings. The van der Waals surface area contributed by atoms with Gasteiger partial charge in [0.15, 0.2) is 0 Å². The summed E-state index contributed by atoms with van der Waals surface area (Å²) in [5, 5.41) is 3.25. The number of rotatable bonds is 4. The minimum atomic E-state index is -0.232. The summed E-state index contributed by atoms with van der Waals surface area (Å²) in [5.74, 6) is 0.418. The van der Waals surface area contributed by atoms with Crippen molar-refractivity contribution in [2.24, 2.45) is 11.8 Å². The van der Waals surface area contributed by atoms with Gasteiger partial charge in [0.2, 0.25) is 5.91 Å². The van der Waals surface area contributed by atoms with Crippen LogP contribution in [0.5, 0.6) is 0 Å². The van der Waals surface area contributed by atoms with E-state index in [0.717, 1.165) is 31.2 Å². The summed E-state index contributed by atoms with van der Waals surface area (Å²) >= 11 is 0. The van der Waals surface area contributed by atoms with E-state index >= 15 is 0 Å². The summed E-state index contributed by atoms with van der Waals surface area (Å²) in [5.41, 5.74) is 1.02. The van der Waals surface area contributed by atoms with Gasteiger partial charge in [0.05, 0.1) is 6.04 Å². The Hall–Kier alpha value is -1.42. The number of hydrogen-bond acceptors (Lipinski definition) is 2. The summed E-state index contributed by atoms with van der Waals surface area (Å²) in [6.07, 6.45) is 6.30. The molecule has 1 aliphatic carbocycles. The molecule has 0 radical (unpaired) electrons. The van der Waals surface area contributed by atoms with Gasteiger partial charge >= 0.3 is 0 Å². The Morgan fingerprint density at radius 1 is 1.09 bits per heavy atom. The van der Waals surface area contributed by atoms with Crippen LogP contribution in [0.4, 0.5) is 4.39 Å². The van der Waals surface area contributed by atoms with Gasteiger partial charge in [0, 0.05) is 19.1 Å². The maximum atomic E-state index is 13.2. The van der Waals surface area contributed by atoms with Gasteiger partial charge < -0.3 is 10.1 Å².